The van der Waals surface area contributed by atoms with Crippen LogP contribution in [0.1, 0.15) is 28.7 Å². The van der Waals surface area contributed by atoms with E-state index in [1.807, 2.05) is 6.92 Å². The summed E-state index contributed by atoms with van der Waals surface area (Å²) in [5.41, 5.74) is 6.93. The minimum absolute atomic E-state index is 0.213. The second-order valence-electron chi connectivity index (χ2n) is 3.79. The Labute approximate surface area is 104 Å². The van der Waals surface area contributed by atoms with E-state index in [9.17, 15) is 4.79 Å². The number of amides is 1. The Morgan fingerprint density at radius 3 is 3.00 bits per heavy atom. The van der Waals surface area contributed by atoms with E-state index in [4.69, 9.17) is 10.3 Å². The SMILES string of the molecule is CCc1cc(C(=O)NCc2ccno2)cc(N)n1. The summed E-state index contributed by atoms with van der Waals surface area (Å²) < 4.78 is 4.89. The van der Waals surface area contributed by atoms with Crippen molar-refractivity contribution in [2.24, 2.45) is 0 Å². The van der Waals surface area contributed by atoms with Crippen LogP contribution in [0.3, 0.4) is 0 Å². The molecule has 0 saturated heterocycles. The smallest absolute Gasteiger partial charge is 0.251 e. The summed E-state index contributed by atoms with van der Waals surface area (Å²) in [4.78, 5) is 16.0. The molecule has 2 aromatic rings. The summed E-state index contributed by atoms with van der Waals surface area (Å²) in [6.07, 6.45) is 2.26. The molecule has 6 heteroatoms. The number of carbonyl (C=O) groups is 1. The number of carbonyl (C=O) groups excluding carboxylic acids is 1. The fraction of sp³-hybridized carbons (Fsp3) is 0.250. The van der Waals surface area contributed by atoms with Gasteiger partial charge in [0.15, 0.2) is 5.76 Å². The fourth-order valence-corrected chi connectivity index (χ4v) is 1.53. The standard InChI is InChI=1S/C12H14N4O2/c1-2-9-5-8(6-11(13)16-9)12(17)14-7-10-3-4-15-18-10/h3-6H,2,7H2,1H3,(H2,13,16)(H,14,17). The molecular weight excluding hydrogens is 232 g/mol. The molecule has 1 amide bonds. The topological polar surface area (TPSA) is 94.0 Å². The molecule has 6 nitrogen and oxygen atoms in total. The Morgan fingerprint density at radius 1 is 1.50 bits per heavy atom. The van der Waals surface area contributed by atoms with E-state index in [1.54, 1.807) is 18.2 Å². The van der Waals surface area contributed by atoms with Crippen molar-refractivity contribution in [3.63, 3.8) is 0 Å². The number of aryl methyl sites for hydroxylation is 1. The number of nitrogens with one attached hydrogen (secondary N) is 1. The first kappa shape index (κ1) is 12.1. The minimum atomic E-state index is -0.213. The molecule has 3 N–H and O–H groups in total. The molecule has 0 atom stereocenters. The highest BCUT2D eigenvalue weighted by molar-refractivity contribution is 5.94. The lowest BCUT2D eigenvalue weighted by atomic mass is 10.2. The van der Waals surface area contributed by atoms with Crippen LogP contribution in [0.25, 0.3) is 0 Å². The summed E-state index contributed by atoms with van der Waals surface area (Å²) in [6, 6.07) is 4.97. The molecule has 0 aliphatic heterocycles. The molecule has 0 aliphatic rings. The van der Waals surface area contributed by atoms with Crippen LogP contribution in [0, 0.1) is 0 Å². The first-order valence-electron chi connectivity index (χ1n) is 5.63. The van der Waals surface area contributed by atoms with Crippen LogP contribution in [-0.2, 0) is 13.0 Å². The number of aromatic nitrogens is 2. The minimum Gasteiger partial charge on any atom is -0.384 e. The van der Waals surface area contributed by atoms with Crippen LogP contribution in [-0.4, -0.2) is 16.0 Å². The van der Waals surface area contributed by atoms with Crippen molar-refractivity contribution in [1.29, 1.82) is 0 Å². The first-order valence-corrected chi connectivity index (χ1v) is 5.63. The largest absolute Gasteiger partial charge is 0.384 e. The van der Waals surface area contributed by atoms with Gasteiger partial charge in [-0.25, -0.2) is 4.98 Å². The molecule has 2 rings (SSSR count). The molecule has 94 valence electrons. The third kappa shape index (κ3) is 2.85. The average Bonchev–Trinajstić information content (AvgIpc) is 2.88. The fourth-order valence-electron chi connectivity index (χ4n) is 1.53. The lowest BCUT2D eigenvalue weighted by Crippen LogP contribution is -2.23. The van der Waals surface area contributed by atoms with Crippen molar-refractivity contribution in [3.05, 3.63) is 41.4 Å². The zero-order valence-electron chi connectivity index (χ0n) is 10.0. The third-order valence-electron chi connectivity index (χ3n) is 2.44. The molecule has 0 aromatic carbocycles. The summed E-state index contributed by atoms with van der Waals surface area (Å²) in [6.45, 7) is 2.25. The lowest BCUT2D eigenvalue weighted by molar-refractivity contribution is 0.0947. The molecule has 0 radical (unpaired) electrons. The quantitative estimate of drug-likeness (QED) is 0.843. The number of pyridine rings is 1. The Balaban J connectivity index is 2.06. The van der Waals surface area contributed by atoms with E-state index in [2.05, 4.69) is 15.5 Å². The number of nitrogens with zero attached hydrogens (tertiary/aromatic N) is 2. The number of hydrogen-bond donors (Lipinski definition) is 2. The van der Waals surface area contributed by atoms with Gasteiger partial charge in [-0.15, -0.1) is 0 Å². The molecule has 2 aromatic heterocycles. The van der Waals surface area contributed by atoms with Gasteiger partial charge in [0.1, 0.15) is 5.82 Å². The normalized spacial score (nSPS) is 10.3. The summed E-state index contributed by atoms with van der Waals surface area (Å²) in [5, 5.41) is 6.28. The van der Waals surface area contributed by atoms with Gasteiger partial charge < -0.3 is 15.6 Å². The number of rotatable bonds is 4. The summed E-state index contributed by atoms with van der Waals surface area (Å²) >= 11 is 0. The van der Waals surface area contributed by atoms with Crippen LogP contribution in [0.2, 0.25) is 0 Å². The second kappa shape index (κ2) is 5.31. The van der Waals surface area contributed by atoms with Crippen molar-refractivity contribution >= 4 is 11.7 Å². The highest BCUT2D eigenvalue weighted by Gasteiger charge is 2.09. The van der Waals surface area contributed by atoms with Crippen LogP contribution in [0.5, 0.6) is 0 Å². The Kier molecular flexibility index (Phi) is 3.57. The van der Waals surface area contributed by atoms with Gasteiger partial charge in [0, 0.05) is 17.3 Å². The Bertz CT molecular complexity index is 537. The maximum atomic E-state index is 11.9. The molecule has 2 heterocycles. The van der Waals surface area contributed by atoms with Crippen molar-refractivity contribution in [3.8, 4) is 0 Å². The monoisotopic (exact) mass is 246 g/mol. The van der Waals surface area contributed by atoms with Crippen LogP contribution >= 0.6 is 0 Å². The molecule has 0 aliphatic carbocycles. The lowest BCUT2D eigenvalue weighted by Gasteiger charge is -2.05. The van der Waals surface area contributed by atoms with E-state index in [1.165, 1.54) is 6.20 Å². The first-order chi connectivity index (χ1) is 8.69. The Hall–Kier alpha value is -2.37. The molecule has 0 fully saturated rings. The summed E-state index contributed by atoms with van der Waals surface area (Å²) in [5.74, 6) is 0.732. The van der Waals surface area contributed by atoms with Gasteiger partial charge in [-0.3, -0.25) is 4.79 Å². The van der Waals surface area contributed by atoms with Crippen LogP contribution < -0.4 is 11.1 Å². The molecule has 0 unspecified atom stereocenters. The highest BCUT2D eigenvalue weighted by atomic mass is 16.5. The zero-order chi connectivity index (χ0) is 13.0. The van der Waals surface area contributed by atoms with Crippen LogP contribution in [0.4, 0.5) is 5.82 Å². The molecule has 0 bridgehead atoms. The molecule has 0 saturated carbocycles. The Morgan fingerprint density at radius 2 is 2.33 bits per heavy atom. The van der Waals surface area contributed by atoms with Gasteiger partial charge >= 0.3 is 0 Å². The van der Waals surface area contributed by atoms with Crippen molar-refractivity contribution in [2.45, 2.75) is 19.9 Å². The van der Waals surface area contributed by atoms with E-state index in [0.717, 1.165) is 12.1 Å². The highest BCUT2D eigenvalue weighted by Crippen LogP contribution is 2.08. The van der Waals surface area contributed by atoms with Gasteiger partial charge in [0.25, 0.3) is 5.91 Å². The number of nitrogens with two attached hydrogens (primary N) is 1. The van der Waals surface area contributed by atoms with E-state index >= 15 is 0 Å². The van der Waals surface area contributed by atoms with Crippen LogP contribution in [0.15, 0.2) is 28.9 Å². The average molecular weight is 246 g/mol. The van der Waals surface area contributed by atoms with Gasteiger partial charge in [-0.1, -0.05) is 12.1 Å². The number of anilines is 1. The zero-order valence-corrected chi connectivity index (χ0v) is 10.0. The van der Waals surface area contributed by atoms with Gasteiger partial charge in [0.2, 0.25) is 0 Å². The van der Waals surface area contributed by atoms with E-state index < -0.39 is 0 Å². The van der Waals surface area contributed by atoms with Gasteiger partial charge in [0.05, 0.1) is 12.7 Å². The second-order valence-corrected chi connectivity index (χ2v) is 3.79. The van der Waals surface area contributed by atoms with Crippen molar-refractivity contribution in [2.75, 3.05) is 5.73 Å². The number of hydrogen-bond acceptors (Lipinski definition) is 5. The van der Waals surface area contributed by atoms with Gasteiger partial charge in [-0.2, -0.15) is 0 Å². The predicted octanol–water partition coefficient (Wildman–Crippen LogP) is 1.14. The van der Waals surface area contributed by atoms with E-state index in [-0.39, 0.29) is 5.91 Å². The van der Waals surface area contributed by atoms with Crippen molar-refractivity contribution < 1.29 is 9.32 Å². The van der Waals surface area contributed by atoms with E-state index in [0.29, 0.717) is 23.7 Å². The third-order valence-corrected chi connectivity index (χ3v) is 2.44. The molecule has 18 heavy (non-hydrogen) atoms. The maximum absolute atomic E-state index is 11.9. The maximum Gasteiger partial charge on any atom is 0.251 e. The molecular formula is C12H14N4O2. The predicted molar refractivity (Wildman–Crippen MR) is 65.7 cm³/mol. The van der Waals surface area contributed by atoms with Crippen molar-refractivity contribution in [1.82, 2.24) is 15.5 Å². The number of nitrogen functional groups attached to an aromatic ring is 1. The molecule has 0 spiro atoms. The summed E-state index contributed by atoms with van der Waals surface area (Å²) in [7, 11) is 0. The van der Waals surface area contributed by atoms with Gasteiger partial charge in [-0.05, 0) is 18.6 Å².